The molecule has 0 saturated carbocycles. The van der Waals surface area contributed by atoms with Gasteiger partial charge < -0.3 is 15.4 Å². The van der Waals surface area contributed by atoms with Gasteiger partial charge in [0.25, 0.3) is 0 Å². The molecule has 0 aromatic rings. The van der Waals surface area contributed by atoms with Gasteiger partial charge in [0.15, 0.2) is 0 Å². The van der Waals surface area contributed by atoms with Crippen LogP contribution in [-0.2, 0) is 9.53 Å². The van der Waals surface area contributed by atoms with Crippen LogP contribution < -0.4 is 10.6 Å². The van der Waals surface area contributed by atoms with E-state index in [4.69, 9.17) is 4.74 Å². The van der Waals surface area contributed by atoms with Gasteiger partial charge in [-0.25, -0.2) is 0 Å². The Morgan fingerprint density at radius 1 is 1.44 bits per heavy atom. The van der Waals surface area contributed by atoms with E-state index in [1.807, 2.05) is 20.8 Å². The average molecular weight is 228 g/mol. The van der Waals surface area contributed by atoms with E-state index in [1.54, 1.807) is 0 Å². The average Bonchev–Trinajstić information content (AvgIpc) is 2.42. The van der Waals surface area contributed by atoms with Gasteiger partial charge in [-0.05, 0) is 40.2 Å². The van der Waals surface area contributed by atoms with Gasteiger partial charge >= 0.3 is 0 Å². The smallest absolute Gasteiger partial charge is 0.246 e. The highest BCUT2D eigenvalue weighted by Gasteiger charge is 2.17. The highest BCUT2D eigenvalue weighted by molar-refractivity contribution is 5.77. The second kappa shape index (κ2) is 6.21. The van der Waals surface area contributed by atoms with Crippen molar-refractivity contribution >= 4 is 5.91 Å². The molecule has 0 spiro atoms. The molecule has 0 aromatic heterocycles. The summed E-state index contributed by atoms with van der Waals surface area (Å²) in [6.45, 7) is 7.95. The van der Waals surface area contributed by atoms with E-state index in [9.17, 15) is 4.79 Å². The molecular weight excluding hydrogens is 204 g/mol. The highest BCUT2D eigenvalue weighted by atomic mass is 16.5. The van der Waals surface area contributed by atoms with E-state index in [-0.39, 0.29) is 24.2 Å². The van der Waals surface area contributed by atoms with E-state index in [0.29, 0.717) is 0 Å². The normalized spacial score (nSPS) is 22.6. The maximum atomic E-state index is 11.6. The standard InChI is InChI=1S/C12H24N2O2/c1-12(2,3)16-9-11(15)14-10-6-4-5-7-13-8-10/h10,13H,4-9H2,1-3H3,(H,14,15). The number of nitrogens with one attached hydrogen (secondary N) is 2. The Morgan fingerprint density at radius 3 is 2.88 bits per heavy atom. The fourth-order valence-electron chi connectivity index (χ4n) is 1.69. The van der Waals surface area contributed by atoms with E-state index in [2.05, 4.69) is 10.6 Å². The lowest BCUT2D eigenvalue weighted by atomic mass is 10.1. The van der Waals surface area contributed by atoms with Gasteiger partial charge in [0, 0.05) is 12.6 Å². The van der Waals surface area contributed by atoms with Crippen LogP contribution in [0.3, 0.4) is 0 Å². The molecule has 2 N–H and O–H groups in total. The van der Waals surface area contributed by atoms with E-state index < -0.39 is 0 Å². The first-order valence-corrected chi connectivity index (χ1v) is 6.11. The molecule has 0 radical (unpaired) electrons. The van der Waals surface area contributed by atoms with E-state index in [1.165, 1.54) is 12.8 Å². The zero-order valence-corrected chi connectivity index (χ0v) is 10.6. The summed E-state index contributed by atoms with van der Waals surface area (Å²) in [6.07, 6.45) is 3.44. The largest absolute Gasteiger partial charge is 0.366 e. The summed E-state index contributed by atoms with van der Waals surface area (Å²) in [5.74, 6) is -0.0105. The Hall–Kier alpha value is -0.610. The summed E-state index contributed by atoms with van der Waals surface area (Å²) in [5, 5.41) is 6.32. The summed E-state index contributed by atoms with van der Waals surface area (Å²) in [4.78, 5) is 11.6. The monoisotopic (exact) mass is 228 g/mol. The molecule has 1 aliphatic heterocycles. The second-order valence-corrected chi connectivity index (χ2v) is 5.37. The lowest BCUT2D eigenvalue weighted by Crippen LogP contribution is -2.43. The van der Waals surface area contributed by atoms with Crippen molar-refractivity contribution in [3.63, 3.8) is 0 Å². The maximum absolute atomic E-state index is 11.6. The molecule has 1 saturated heterocycles. The van der Waals surface area contributed by atoms with Crippen molar-refractivity contribution in [1.82, 2.24) is 10.6 Å². The van der Waals surface area contributed by atoms with Crippen molar-refractivity contribution in [1.29, 1.82) is 0 Å². The number of ether oxygens (including phenoxy) is 1. The zero-order chi connectivity index (χ0) is 12.0. The third-order valence-corrected chi connectivity index (χ3v) is 2.55. The third kappa shape index (κ3) is 6.08. The number of hydrogen-bond donors (Lipinski definition) is 2. The van der Waals surface area contributed by atoms with Crippen LogP contribution in [0.4, 0.5) is 0 Å². The summed E-state index contributed by atoms with van der Waals surface area (Å²) in [7, 11) is 0. The SMILES string of the molecule is CC(C)(C)OCC(=O)NC1CCCCNC1. The lowest BCUT2D eigenvalue weighted by Gasteiger charge is -2.21. The fourth-order valence-corrected chi connectivity index (χ4v) is 1.69. The molecule has 1 atom stereocenters. The molecule has 1 amide bonds. The molecule has 0 aromatic carbocycles. The van der Waals surface area contributed by atoms with E-state index >= 15 is 0 Å². The summed E-state index contributed by atoms with van der Waals surface area (Å²) < 4.78 is 5.43. The molecule has 0 aliphatic carbocycles. The van der Waals surface area contributed by atoms with Gasteiger partial charge in [-0.15, -0.1) is 0 Å². The molecule has 0 bridgehead atoms. The van der Waals surface area contributed by atoms with Crippen molar-refractivity contribution in [3.05, 3.63) is 0 Å². The van der Waals surface area contributed by atoms with Crippen LogP contribution in [0.1, 0.15) is 40.0 Å². The predicted octanol–water partition coefficient (Wildman–Crippen LogP) is 1.06. The molecule has 1 heterocycles. The quantitative estimate of drug-likeness (QED) is 0.759. The fraction of sp³-hybridized carbons (Fsp3) is 0.917. The molecule has 1 unspecified atom stereocenters. The molecule has 1 aliphatic rings. The van der Waals surface area contributed by atoms with Gasteiger partial charge in [0.2, 0.25) is 5.91 Å². The highest BCUT2D eigenvalue weighted by Crippen LogP contribution is 2.07. The minimum Gasteiger partial charge on any atom is -0.366 e. The first-order valence-electron chi connectivity index (χ1n) is 6.11. The Bertz CT molecular complexity index is 216. The molecule has 94 valence electrons. The lowest BCUT2D eigenvalue weighted by molar-refractivity contribution is -0.131. The minimum absolute atomic E-state index is 0.0105. The van der Waals surface area contributed by atoms with Gasteiger partial charge in [0.05, 0.1) is 5.60 Å². The molecule has 4 nitrogen and oxygen atoms in total. The number of amides is 1. The van der Waals surface area contributed by atoms with Crippen molar-refractivity contribution in [2.45, 2.75) is 51.7 Å². The van der Waals surface area contributed by atoms with Crippen molar-refractivity contribution in [3.8, 4) is 0 Å². The maximum Gasteiger partial charge on any atom is 0.246 e. The Morgan fingerprint density at radius 2 is 2.19 bits per heavy atom. The summed E-state index contributed by atoms with van der Waals surface area (Å²) in [5.41, 5.74) is -0.251. The van der Waals surface area contributed by atoms with Crippen LogP contribution in [0.5, 0.6) is 0 Å². The van der Waals surface area contributed by atoms with E-state index in [0.717, 1.165) is 19.5 Å². The summed E-state index contributed by atoms with van der Waals surface area (Å²) in [6, 6.07) is 0.263. The molecule has 4 heteroatoms. The predicted molar refractivity (Wildman–Crippen MR) is 64.4 cm³/mol. The molecule has 1 fully saturated rings. The van der Waals surface area contributed by atoms with Gasteiger partial charge in [-0.3, -0.25) is 4.79 Å². The third-order valence-electron chi connectivity index (χ3n) is 2.55. The minimum atomic E-state index is -0.251. The van der Waals surface area contributed by atoms with Gasteiger partial charge in [-0.2, -0.15) is 0 Å². The molecular formula is C12H24N2O2. The Balaban J connectivity index is 2.22. The van der Waals surface area contributed by atoms with Gasteiger partial charge in [-0.1, -0.05) is 6.42 Å². The van der Waals surface area contributed by atoms with Crippen LogP contribution in [0.15, 0.2) is 0 Å². The second-order valence-electron chi connectivity index (χ2n) is 5.37. The van der Waals surface area contributed by atoms with Crippen LogP contribution in [0.25, 0.3) is 0 Å². The first-order chi connectivity index (χ1) is 7.47. The Labute approximate surface area is 98.1 Å². The number of carbonyl (C=O) groups excluding carboxylic acids is 1. The molecule has 16 heavy (non-hydrogen) atoms. The van der Waals surface area contributed by atoms with Crippen LogP contribution in [0.2, 0.25) is 0 Å². The zero-order valence-electron chi connectivity index (χ0n) is 10.6. The van der Waals surface area contributed by atoms with Crippen molar-refractivity contribution in [2.75, 3.05) is 19.7 Å². The van der Waals surface area contributed by atoms with Crippen LogP contribution in [-0.4, -0.2) is 37.2 Å². The van der Waals surface area contributed by atoms with Crippen molar-refractivity contribution < 1.29 is 9.53 Å². The Kier molecular flexibility index (Phi) is 5.22. The van der Waals surface area contributed by atoms with Crippen LogP contribution in [0, 0.1) is 0 Å². The topological polar surface area (TPSA) is 50.4 Å². The number of hydrogen-bond acceptors (Lipinski definition) is 3. The molecule has 1 rings (SSSR count). The van der Waals surface area contributed by atoms with Gasteiger partial charge in [0.1, 0.15) is 6.61 Å². The number of rotatable bonds is 3. The van der Waals surface area contributed by atoms with Crippen molar-refractivity contribution in [2.24, 2.45) is 0 Å². The van der Waals surface area contributed by atoms with Crippen LogP contribution >= 0.6 is 0 Å². The number of carbonyl (C=O) groups is 1. The summed E-state index contributed by atoms with van der Waals surface area (Å²) >= 11 is 0. The first kappa shape index (κ1) is 13.5.